The molecule has 5 heterocycles. The van der Waals surface area contributed by atoms with E-state index >= 15 is 0 Å². The van der Waals surface area contributed by atoms with Gasteiger partial charge < -0.3 is 9.13 Å². The topological polar surface area (TPSA) is 66.3 Å². The molecule has 0 aliphatic carbocycles. The van der Waals surface area contributed by atoms with Crippen LogP contribution in [0.4, 0.5) is 0 Å². The van der Waals surface area contributed by atoms with Gasteiger partial charge in [0.15, 0.2) is 11.6 Å². The highest BCUT2D eigenvalue weighted by molar-refractivity contribution is 6.13. The van der Waals surface area contributed by atoms with Crippen molar-refractivity contribution in [1.29, 1.82) is 0 Å². The van der Waals surface area contributed by atoms with Gasteiger partial charge in [-0.15, -0.1) is 0 Å². The van der Waals surface area contributed by atoms with E-state index in [1.807, 2.05) is 72.9 Å². The van der Waals surface area contributed by atoms with Gasteiger partial charge in [0.2, 0.25) is 5.95 Å². The minimum absolute atomic E-state index is 0.577. The molecule has 69 heavy (non-hydrogen) atoms. The van der Waals surface area contributed by atoms with Crippen LogP contribution < -0.4 is 0 Å². The van der Waals surface area contributed by atoms with Gasteiger partial charge in [-0.2, -0.15) is 9.97 Å². The number of nitrogens with zero attached hydrogens (tertiary/aromatic N) is 7. The molecule has 0 bridgehead atoms. The van der Waals surface area contributed by atoms with Crippen molar-refractivity contribution < 1.29 is 0 Å². The van der Waals surface area contributed by atoms with E-state index in [-0.39, 0.29) is 0 Å². The summed E-state index contributed by atoms with van der Waals surface area (Å²) in [6, 6.07) is 81.6. The third kappa shape index (κ3) is 6.29. The number of fused-ring (bicyclic) bond motifs is 9. The van der Waals surface area contributed by atoms with Crippen LogP contribution in [0.1, 0.15) is 0 Å². The van der Waals surface area contributed by atoms with Crippen molar-refractivity contribution in [3.05, 3.63) is 237 Å². The second kappa shape index (κ2) is 15.6. The van der Waals surface area contributed by atoms with Crippen molar-refractivity contribution >= 4 is 65.5 Å². The van der Waals surface area contributed by atoms with E-state index in [0.29, 0.717) is 17.6 Å². The highest BCUT2D eigenvalue weighted by Crippen LogP contribution is 2.40. The number of aromatic nitrogens is 7. The van der Waals surface area contributed by atoms with Gasteiger partial charge in [-0.05, 0) is 107 Å². The van der Waals surface area contributed by atoms with Gasteiger partial charge in [0, 0.05) is 55.6 Å². The summed E-state index contributed by atoms with van der Waals surface area (Å²) in [6.45, 7) is 0. The third-order valence-corrected chi connectivity index (χ3v) is 13.5. The van der Waals surface area contributed by atoms with Crippen LogP contribution in [-0.2, 0) is 0 Å². The average molecular weight is 882 g/mol. The van der Waals surface area contributed by atoms with Crippen LogP contribution in [-0.4, -0.2) is 33.6 Å². The number of rotatable bonds is 7. The summed E-state index contributed by atoms with van der Waals surface area (Å²) in [5, 5.41) is 5.79. The Morgan fingerprint density at radius 1 is 0.261 bits per heavy atom. The van der Waals surface area contributed by atoms with Gasteiger partial charge in [0.1, 0.15) is 0 Å². The molecule has 0 aliphatic heterocycles. The van der Waals surface area contributed by atoms with Crippen molar-refractivity contribution in [2.24, 2.45) is 0 Å². The fourth-order valence-corrected chi connectivity index (χ4v) is 10.4. The van der Waals surface area contributed by atoms with Crippen LogP contribution in [0, 0.1) is 0 Å². The van der Waals surface area contributed by atoms with Gasteiger partial charge >= 0.3 is 0 Å². The van der Waals surface area contributed by atoms with E-state index < -0.39 is 0 Å². The molecule has 0 atom stereocenters. The molecule has 0 spiro atoms. The maximum Gasteiger partial charge on any atom is 0.238 e. The van der Waals surface area contributed by atoms with Gasteiger partial charge in [0.05, 0.1) is 38.6 Å². The number of benzene rings is 9. The van der Waals surface area contributed by atoms with E-state index in [0.717, 1.165) is 99.5 Å². The van der Waals surface area contributed by atoms with Crippen molar-refractivity contribution in [3.63, 3.8) is 0 Å². The van der Waals surface area contributed by atoms with E-state index in [9.17, 15) is 0 Å². The molecule has 322 valence electrons. The Kier molecular flexibility index (Phi) is 8.75. The van der Waals surface area contributed by atoms with E-state index in [2.05, 4.69) is 177 Å². The smallest absolute Gasteiger partial charge is 0.238 e. The Bertz CT molecular complexity index is 4240. The molecule has 5 aromatic heterocycles. The monoisotopic (exact) mass is 881 g/mol. The zero-order valence-electron chi connectivity index (χ0n) is 37.1. The first-order chi connectivity index (χ1) is 34.2. The summed E-state index contributed by atoms with van der Waals surface area (Å²) < 4.78 is 6.89. The average Bonchev–Trinajstić information content (AvgIpc) is 4.06. The lowest BCUT2D eigenvalue weighted by atomic mass is 10.0. The number of hydrogen-bond acceptors (Lipinski definition) is 4. The Balaban J connectivity index is 0.881. The minimum Gasteiger partial charge on any atom is -0.309 e. The molecule has 0 radical (unpaired) electrons. The molecule has 0 N–H and O–H groups in total. The first-order valence-corrected chi connectivity index (χ1v) is 23.2. The Labute approximate surface area is 396 Å². The fourth-order valence-electron chi connectivity index (χ4n) is 10.4. The Morgan fingerprint density at radius 2 is 0.696 bits per heavy atom. The molecule has 14 aromatic rings. The lowest BCUT2D eigenvalue weighted by Gasteiger charge is -2.12. The lowest BCUT2D eigenvalue weighted by molar-refractivity contribution is 0.953. The maximum absolute atomic E-state index is 5.13. The molecule has 7 nitrogen and oxygen atoms in total. The third-order valence-electron chi connectivity index (χ3n) is 13.5. The molecule has 0 saturated carbocycles. The second-order valence-electron chi connectivity index (χ2n) is 17.5. The Morgan fingerprint density at radius 3 is 1.32 bits per heavy atom. The quantitative estimate of drug-likeness (QED) is 0.160. The van der Waals surface area contributed by atoms with E-state index in [1.165, 1.54) is 10.8 Å². The number of hydrogen-bond donors (Lipinski definition) is 0. The molecule has 0 amide bonds. The van der Waals surface area contributed by atoms with Crippen molar-refractivity contribution in [3.8, 4) is 62.4 Å². The molecular weight excluding hydrogens is 843 g/mol. The predicted molar refractivity (Wildman–Crippen MR) is 282 cm³/mol. The number of para-hydroxylation sites is 3. The van der Waals surface area contributed by atoms with Gasteiger partial charge in [-0.3, -0.25) is 9.55 Å². The molecule has 0 unspecified atom stereocenters. The highest BCUT2D eigenvalue weighted by Gasteiger charge is 2.20. The van der Waals surface area contributed by atoms with Crippen LogP contribution in [0.25, 0.3) is 128 Å². The first kappa shape index (κ1) is 38.8. The van der Waals surface area contributed by atoms with Crippen LogP contribution in [0.3, 0.4) is 0 Å². The molecular formula is C62H39N7. The van der Waals surface area contributed by atoms with Crippen LogP contribution in [0.2, 0.25) is 0 Å². The summed E-state index contributed by atoms with van der Waals surface area (Å²) in [5.41, 5.74) is 16.3. The van der Waals surface area contributed by atoms with Gasteiger partial charge in [-0.1, -0.05) is 146 Å². The molecule has 9 aromatic carbocycles. The fraction of sp³-hybridized carbons (Fsp3) is 0. The largest absolute Gasteiger partial charge is 0.309 e. The predicted octanol–water partition coefficient (Wildman–Crippen LogP) is 15.2. The van der Waals surface area contributed by atoms with Gasteiger partial charge in [-0.25, -0.2) is 4.98 Å². The summed E-state index contributed by atoms with van der Waals surface area (Å²) in [7, 11) is 0. The van der Waals surface area contributed by atoms with E-state index in [1.54, 1.807) is 0 Å². The van der Waals surface area contributed by atoms with Crippen molar-refractivity contribution in [1.82, 2.24) is 33.6 Å². The standard InChI is InChI=1S/C62H39N7/c1-4-16-40(17-5-1)60-64-61(41-18-6-2-7-19-41)66-62(65-60)69-54-27-13-11-25-49(54)51-38-44(30-33-56(51)69)43-29-32-55-50(37-43)48-24-10-12-26-53(48)68(55)47-23-14-20-42(36-47)45-31-34-57-52(39-45)59-58(28-15-35-63-59)67(57)46-21-8-3-9-22-46/h1-39H. The normalized spacial score (nSPS) is 11.8. The number of pyridine rings is 1. The van der Waals surface area contributed by atoms with Crippen molar-refractivity contribution in [2.45, 2.75) is 0 Å². The van der Waals surface area contributed by atoms with Gasteiger partial charge in [0.25, 0.3) is 0 Å². The SMILES string of the molecule is c1ccc(-c2nc(-c3ccccc3)nc(-n3c4ccccc4c4cc(-c5ccc6c(c5)c5ccccc5n6-c5cccc(-c6ccc7c(c6)c6ncccc6n7-c6ccccc6)c5)ccc43)n2)cc1. The minimum atomic E-state index is 0.577. The zero-order chi connectivity index (χ0) is 45.4. The zero-order valence-corrected chi connectivity index (χ0v) is 37.1. The summed E-state index contributed by atoms with van der Waals surface area (Å²) in [5.74, 6) is 1.83. The van der Waals surface area contributed by atoms with Crippen LogP contribution >= 0.6 is 0 Å². The van der Waals surface area contributed by atoms with E-state index in [4.69, 9.17) is 19.9 Å². The highest BCUT2D eigenvalue weighted by atomic mass is 15.2. The summed E-state index contributed by atoms with van der Waals surface area (Å²) in [4.78, 5) is 20.1. The summed E-state index contributed by atoms with van der Waals surface area (Å²) in [6.07, 6.45) is 1.89. The second-order valence-corrected chi connectivity index (χ2v) is 17.5. The molecule has 0 fully saturated rings. The van der Waals surface area contributed by atoms with Crippen LogP contribution in [0.5, 0.6) is 0 Å². The Hall–Kier alpha value is -9.46. The summed E-state index contributed by atoms with van der Waals surface area (Å²) >= 11 is 0. The maximum atomic E-state index is 5.13. The molecule has 0 aliphatic rings. The van der Waals surface area contributed by atoms with Crippen molar-refractivity contribution in [2.75, 3.05) is 0 Å². The lowest BCUT2D eigenvalue weighted by Crippen LogP contribution is -2.06. The first-order valence-electron chi connectivity index (χ1n) is 23.2. The molecule has 0 saturated heterocycles. The van der Waals surface area contributed by atoms with Crippen LogP contribution in [0.15, 0.2) is 237 Å². The molecule has 14 rings (SSSR count). The molecule has 7 heteroatoms.